The number of benzene rings is 1. The topological polar surface area (TPSA) is 151 Å². The summed E-state index contributed by atoms with van der Waals surface area (Å²) in [6.45, 7) is 1.66. The van der Waals surface area contributed by atoms with Crippen LogP contribution < -0.4 is 21.8 Å². The number of nitrogen functional groups attached to an aromatic ring is 2. The number of aromatic nitrogens is 2. The average molecular weight is 440 g/mol. The van der Waals surface area contributed by atoms with Crippen LogP contribution in [0, 0.1) is 18.3 Å². The number of H-pyrrole nitrogens is 1. The van der Waals surface area contributed by atoms with Crippen molar-refractivity contribution >= 4 is 27.4 Å². The minimum absolute atomic E-state index is 0.00572. The first-order chi connectivity index (χ1) is 13.3. The third-order valence-corrected chi connectivity index (χ3v) is 5.12. The zero-order valence-corrected chi connectivity index (χ0v) is 16.2. The first-order valence-corrected chi connectivity index (χ1v) is 9.00. The first-order valence-electron chi connectivity index (χ1n) is 8.20. The zero-order valence-electron chi connectivity index (χ0n) is 14.6. The number of anilines is 2. The molecule has 28 heavy (non-hydrogen) atoms. The van der Waals surface area contributed by atoms with Gasteiger partial charge in [0.2, 0.25) is 5.88 Å². The summed E-state index contributed by atoms with van der Waals surface area (Å²) in [5.41, 5.74) is 13.1. The van der Waals surface area contributed by atoms with Crippen LogP contribution in [-0.2, 0) is 0 Å². The summed E-state index contributed by atoms with van der Waals surface area (Å²) in [7, 11) is 0. The van der Waals surface area contributed by atoms with Gasteiger partial charge in [0.1, 0.15) is 28.9 Å². The Balaban J connectivity index is 2.14. The van der Waals surface area contributed by atoms with Gasteiger partial charge in [0.05, 0.1) is 22.7 Å². The third kappa shape index (κ3) is 2.58. The number of aryl methyl sites for hydroxylation is 1. The van der Waals surface area contributed by atoms with Crippen molar-refractivity contribution in [2.24, 2.45) is 0 Å². The van der Waals surface area contributed by atoms with Gasteiger partial charge in [-0.1, -0.05) is 15.9 Å². The molecular weight excluding hydrogens is 426 g/mol. The molecule has 0 saturated carbocycles. The van der Waals surface area contributed by atoms with Crippen molar-refractivity contribution in [1.82, 2.24) is 9.97 Å². The standard InChI is InChI=1S/C19H14BrN5O3/c1-7-4-11(26)14(18(27)24-7)13-9-5-8(20)2-3-12(9)28-19-15(13)16(22)10(6-21)17(23)25-19/h2-5,13H,1H3,(H4,22,23,25)(H2,24,26,27). The molecule has 1 aromatic carbocycles. The molecule has 0 spiro atoms. The summed E-state index contributed by atoms with van der Waals surface area (Å²) in [6.07, 6.45) is 0. The quantitative estimate of drug-likeness (QED) is 0.355. The van der Waals surface area contributed by atoms with Gasteiger partial charge >= 0.3 is 0 Å². The molecule has 9 heteroatoms. The summed E-state index contributed by atoms with van der Waals surface area (Å²) in [4.78, 5) is 19.6. The van der Waals surface area contributed by atoms with Crippen LogP contribution >= 0.6 is 15.9 Å². The lowest BCUT2D eigenvalue weighted by Crippen LogP contribution is -2.23. The Labute approximate surface area is 167 Å². The number of fused-ring (bicyclic) bond motifs is 2. The van der Waals surface area contributed by atoms with Crippen molar-refractivity contribution in [3.8, 4) is 23.4 Å². The monoisotopic (exact) mass is 439 g/mol. The normalized spacial score (nSPS) is 14.5. The van der Waals surface area contributed by atoms with E-state index in [9.17, 15) is 15.2 Å². The van der Waals surface area contributed by atoms with Crippen LogP contribution in [0.2, 0.25) is 0 Å². The van der Waals surface area contributed by atoms with Gasteiger partial charge in [-0.2, -0.15) is 10.2 Å². The second-order valence-corrected chi connectivity index (χ2v) is 7.33. The fourth-order valence-corrected chi connectivity index (χ4v) is 3.82. The van der Waals surface area contributed by atoms with Gasteiger partial charge in [0, 0.05) is 15.7 Å². The number of aromatic amines is 1. The minimum Gasteiger partial charge on any atom is -0.507 e. The number of nitriles is 1. The van der Waals surface area contributed by atoms with Crippen molar-refractivity contribution in [3.63, 3.8) is 0 Å². The van der Waals surface area contributed by atoms with E-state index < -0.39 is 11.5 Å². The van der Waals surface area contributed by atoms with Crippen molar-refractivity contribution in [2.75, 3.05) is 11.5 Å². The summed E-state index contributed by atoms with van der Waals surface area (Å²) in [6, 6.07) is 8.64. The van der Waals surface area contributed by atoms with E-state index >= 15 is 0 Å². The lowest BCUT2D eigenvalue weighted by Gasteiger charge is -2.29. The lowest BCUT2D eigenvalue weighted by atomic mass is 9.82. The molecule has 140 valence electrons. The Morgan fingerprint density at radius 3 is 2.75 bits per heavy atom. The van der Waals surface area contributed by atoms with Crippen LogP contribution in [0.3, 0.4) is 0 Å². The fraction of sp³-hybridized carbons (Fsp3) is 0.105. The number of nitrogens with zero attached hydrogens (tertiary/aromatic N) is 2. The molecule has 3 heterocycles. The highest BCUT2D eigenvalue weighted by molar-refractivity contribution is 9.10. The van der Waals surface area contributed by atoms with Crippen molar-refractivity contribution in [2.45, 2.75) is 12.8 Å². The SMILES string of the molecule is Cc1cc(O)c(C2c3cc(Br)ccc3Oc3nc(N)c(C#N)c(N)c32)c(=O)[nH]1. The molecule has 1 aliphatic heterocycles. The van der Waals surface area contributed by atoms with E-state index in [4.69, 9.17) is 16.2 Å². The number of hydrogen-bond acceptors (Lipinski definition) is 7. The van der Waals surface area contributed by atoms with E-state index in [2.05, 4.69) is 25.9 Å². The number of halogens is 1. The summed E-state index contributed by atoms with van der Waals surface area (Å²) in [5.74, 6) is -0.537. The van der Waals surface area contributed by atoms with Crippen LogP contribution in [0.5, 0.6) is 17.4 Å². The second kappa shape index (κ2) is 6.28. The van der Waals surface area contributed by atoms with E-state index in [1.165, 1.54) is 6.07 Å². The number of hydrogen-bond donors (Lipinski definition) is 4. The van der Waals surface area contributed by atoms with Crippen LogP contribution in [-0.4, -0.2) is 15.1 Å². The Morgan fingerprint density at radius 2 is 2.07 bits per heavy atom. The van der Waals surface area contributed by atoms with E-state index in [0.717, 1.165) is 4.47 Å². The smallest absolute Gasteiger partial charge is 0.256 e. The number of nitrogens with two attached hydrogens (primary N) is 2. The van der Waals surface area contributed by atoms with E-state index in [-0.39, 0.29) is 34.3 Å². The fourth-order valence-electron chi connectivity index (χ4n) is 3.45. The summed E-state index contributed by atoms with van der Waals surface area (Å²) < 4.78 is 6.60. The molecular formula is C19H14BrN5O3. The maximum absolute atomic E-state index is 12.8. The predicted octanol–water partition coefficient (Wildman–Crippen LogP) is 2.87. The van der Waals surface area contributed by atoms with Gasteiger partial charge in [-0.15, -0.1) is 0 Å². The van der Waals surface area contributed by atoms with E-state index in [1.54, 1.807) is 25.1 Å². The molecule has 6 N–H and O–H groups in total. The van der Waals surface area contributed by atoms with Gasteiger partial charge in [-0.3, -0.25) is 4.79 Å². The van der Waals surface area contributed by atoms with Crippen molar-refractivity contribution in [1.29, 1.82) is 5.26 Å². The van der Waals surface area contributed by atoms with E-state index in [0.29, 0.717) is 22.6 Å². The molecule has 1 aliphatic rings. The molecule has 2 aromatic heterocycles. The molecule has 0 fully saturated rings. The number of aromatic hydroxyl groups is 1. The van der Waals surface area contributed by atoms with Crippen LogP contribution in [0.4, 0.5) is 11.5 Å². The third-order valence-electron chi connectivity index (χ3n) is 4.63. The van der Waals surface area contributed by atoms with Crippen molar-refractivity contribution in [3.05, 3.63) is 67.0 Å². The molecule has 8 nitrogen and oxygen atoms in total. The predicted molar refractivity (Wildman–Crippen MR) is 106 cm³/mol. The Kier molecular flexibility index (Phi) is 4.01. The molecule has 0 bridgehead atoms. The molecule has 0 saturated heterocycles. The maximum Gasteiger partial charge on any atom is 0.256 e. The van der Waals surface area contributed by atoms with Gasteiger partial charge in [0.15, 0.2) is 0 Å². The molecule has 1 unspecified atom stereocenters. The van der Waals surface area contributed by atoms with Crippen LogP contribution in [0.15, 0.2) is 33.5 Å². The summed E-state index contributed by atoms with van der Waals surface area (Å²) in [5, 5.41) is 20.0. The van der Waals surface area contributed by atoms with Crippen molar-refractivity contribution < 1.29 is 9.84 Å². The number of rotatable bonds is 1. The number of ether oxygens (including phenoxy) is 1. The Hall–Kier alpha value is -3.51. The number of pyridine rings is 2. The largest absolute Gasteiger partial charge is 0.507 e. The lowest BCUT2D eigenvalue weighted by molar-refractivity contribution is 0.428. The second-order valence-electron chi connectivity index (χ2n) is 6.41. The Bertz CT molecular complexity index is 1250. The molecule has 1 atom stereocenters. The van der Waals surface area contributed by atoms with Gasteiger partial charge in [-0.05, 0) is 31.2 Å². The molecule has 4 rings (SSSR count). The van der Waals surface area contributed by atoms with Gasteiger partial charge in [-0.25, -0.2) is 0 Å². The molecule has 0 radical (unpaired) electrons. The van der Waals surface area contributed by atoms with Crippen LogP contribution in [0.1, 0.15) is 33.9 Å². The average Bonchev–Trinajstić information content (AvgIpc) is 2.61. The van der Waals surface area contributed by atoms with Crippen LogP contribution in [0.25, 0.3) is 0 Å². The highest BCUT2D eigenvalue weighted by Crippen LogP contribution is 2.51. The molecule has 3 aromatic rings. The Morgan fingerprint density at radius 1 is 1.32 bits per heavy atom. The maximum atomic E-state index is 12.8. The minimum atomic E-state index is -0.805. The molecule has 0 amide bonds. The van der Waals surface area contributed by atoms with Gasteiger partial charge < -0.3 is 26.3 Å². The molecule has 0 aliphatic carbocycles. The number of nitrogens with one attached hydrogen (secondary N) is 1. The highest BCUT2D eigenvalue weighted by atomic mass is 79.9. The zero-order chi connectivity index (χ0) is 20.2. The first kappa shape index (κ1) is 17.9. The van der Waals surface area contributed by atoms with Gasteiger partial charge in [0.25, 0.3) is 5.56 Å². The summed E-state index contributed by atoms with van der Waals surface area (Å²) >= 11 is 3.41. The van der Waals surface area contributed by atoms with E-state index in [1.807, 2.05) is 6.07 Å². The highest BCUT2D eigenvalue weighted by Gasteiger charge is 2.37.